The average molecular weight is 315 g/mol. The largest absolute Gasteiger partial charge is 0.455 e. The zero-order chi connectivity index (χ0) is 15.7. The van der Waals surface area contributed by atoms with E-state index >= 15 is 0 Å². The molecule has 0 saturated carbocycles. The van der Waals surface area contributed by atoms with E-state index in [1.54, 1.807) is 6.07 Å². The van der Waals surface area contributed by atoms with Crippen LogP contribution in [0.4, 0.5) is 0 Å². The van der Waals surface area contributed by atoms with Gasteiger partial charge in [-0.05, 0) is 31.2 Å². The third-order valence-electron chi connectivity index (χ3n) is 5.39. The fourth-order valence-electron chi connectivity index (χ4n) is 4.36. The maximum atomic E-state index is 12.4. The summed E-state index contributed by atoms with van der Waals surface area (Å²) in [6.07, 6.45) is 1.49. The first-order valence-electron chi connectivity index (χ1n) is 7.87. The number of likely N-dealkylation sites (N-methyl/N-ethyl adjacent to an activating group) is 1. The van der Waals surface area contributed by atoms with Gasteiger partial charge in [0.05, 0.1) is 5.56 Å². The maximum Gasteiger partial charge on any atom is 0.338 e. The minimum absolute atomic E-state index is 0.0836. The van der Waals surface area contributed by atoms with E-state index < -0.39 is 18.2 Å². The van der Waals surface area contributed by atoms with Crippen molar-refractivity contribution in [2.45, 2.75) is 30.6 Å². The van der Waals surface area contributed by atoms with Crippen LogP contribution in [0.1, 0.15) is 28.3 Å². The molecule has 4 atom stereocenters. The van der Waals surface area contributed by atoms with Crippen molar-refractivity contribution in [1.29, 1.82) is 0 Å². The van der Waals surface area contributed by atoms with Crippen molar-refractivity contribution in [1.82, 2.24) is 4.90 Å². The molecule has 5 rings (SSSR count). The normalized spacial score (nSPS) is 34.3. The van der Waals surface area contributed by atoms with E-state index in [4.69, 9.17) is 14.2 Å². The van der Waals surface area contributed by atoms with E-state index in [9.17, 15) is 9.90 Å². The van der Waals surface area contributed by atoms with Crippen molar-refractivity contribution in [3.05, 3.63) is 34.9 Å². The zero-order valence-corrected chi connectivity index (χ0v) is 12.7. The predicted molar refractivity (Wildman–Crippen MR) is 79.6 cm³/mol. The van der Waals surface area contributed by atoms with Gasteiger partial charge >= 0.3 is 5.97 Å². The Bertz CT molecular complexity index is 743. The summed E-state index contributed by atoms with van der Waals surface area (Å²) < 4.78 is 16.4. The molecular weight excluding hydrogens is 298 g/mol. The molecule has 1 aromatic carbocycles. The summed E-state index contributed by atoms with van der Waals surface area (Å²) in [4.78, 5) is 14.7. The molecule has 1 fully saturated rings. The fourth-order valence-corrected chi connectivity index (χ4v) is 4.36. The lowest BCUT2D eigenvalue weighted by molar-refractivity contribution is -0.0336. The molecule has 1 saturated heterocycles. The van der Waals surface area contributed by atoms with Crippen LogP contribution in [-0.2, 0) is 4.74 Å². The van der Waals surface area contributed by atoms with Gasteiger partial charge in [-0.25, -0.2) is 4.79 Å². The topological polar surface area (TPSA) is 68.2 Å². The Hall–Kier alpha value is -2.05. The number of aliphatic hydroxyl groups excluding tert-OH is 1. The molecule has 6 nitrogen and oxygen atoms in total. The Morgan fingerprint density at radius 3 is 2.87 bits per heavy atom. The van der Waals surface area contributed by atoms with Gasteiger partial charge < -0.3 is 19.3 Å². The van der Waals surface area contributed by atoms with Crippen LogP contribution in [0.2, 0.25) is 0 Å². The minimum Gasteiger partial charge on any atom is -0.455 e. The zero-order valence-electron chi connectivity index (χ0n) is 12.7. The number of benzene rings is 1. The van der Waals surface area contributed by atoms with Gasteiger partial charge in [0.25, 0.3) is 0 Å². The second-order valence-corrected chi connectivity index (χ2v) is 6.60. The van der Waals surface area contributed by atoms with Crippen molar-refractivity contribution in [2.24, 2.45) is 0 Å². The molecule has 3 heterocycles. The molecular formula is C17H17NO5. The van der Waals surface area contributed by atoms with Crippen molar-refractivity contribution in [3.63, 3.8) is 0 Å². The van der Waals surface area contributed by atoms with Crippen LogP contribution in [0.3, 0.4) is 0 Å². The van der Waals surface area contributed by atoms with E-state index in [1.807, 2.05) is 12.1 Å². The highest BCUT2D eigenvalue weighted by molar-refractivity contribution is 5.94. The summed E-state index contributed by atoms with van der Waals surface area (Å²) in [6.45, 7) is 1.11. The molecule has 0 bridgehead atoms. The molecule has 1 aliphatic carbocycles. The highest BCUT2D eigenvalue weighted by atomic mass is 16.7. The van der Waals surface area contributed by atoms with Crippen LogP contribution in [-0.4, -0.2) is 54.6 Å². The van der Waals surface area contributed by atoms with Crippen molar-refractivity contribution < 1.29 is 24.1 Å². The summed E-state index contributed by atoms with van der Waals surface area (Å²) in [6, 6.07) is 3.74. The van der Waals surface area contributed by atoms with Gasteiger partial charge in [-0.2, -0.15) is 0 Å². The molecule has 1 N–H and O–H groups in total. The SMILES string of the molecule is CN1CCC2=CC(O)[C@H]3OC(=O)c4cc5c(cc4[C@H]3[C@@H]21)OCO5. The molecule has 3 aliphatic heterocycles. The Labute approximate surface area is 133 Å². The fraction of sp³-hybridized carbons (Fsp3) is 0.471. The van der Waals surface area contributed by atoms with Crippen molar-refractivity contribution in [2.75, 3.05) is 20.4 Å². The van der Waals surface area contributed by atoms with E-state index in [0.29, 0.717) is 17.1 Å². The molecule has 120 valence electrons. The third kappa shape index (κ3) is 1.73. The average Bonchev–Trinajstić information content (AvgIpc) is 3.13. The van der Waals surface area contributed by atoms with Crippen LogP contribution in [0, 0.1) is 0 Å². The second kappa shape index (κ2) is 4.49. The van der Waals surface area contributed by atoms with Crippen LogP contribution < -0.4 is 9.47 Å². The predicted octanol–water partition coefficient (Wildman–Crippen LogP) is 1.04. The lowest BCUT2D eigenvalue weighted by Gasteiger charge is -2.43. The Balaban J connectivity index is 1.70. The number of likely N-dealkylation sites (tertiary alicyclic amines) is 1. The minimum atomic E-state index is -0.764. The highest BCUT2D eigenvalue weighted by Gasteiger charge is 2.50. The summed E-state index contributed by atoms with van der Waals surface area (Å²) in [7, 11) is 2.07. The van der Waals surface area contributed by atoms with Crippen LogP contribution in [0.25, 0.3) is 0 Å². The first-order chi connectivity index (χ1) is 11.1. The quantitative estimate of drug-likeness (QED) is 0.570. The van der Waals surface area contributed by atoms with Gasteiger partial charge in [-0.15, -0.1) is 0 Å². The smallest absolute Gasteiger partial charge is 0.338 e. The van der Waals surface area contributed by atoms with E-state index in [0.717, 1.165) is 18.5 Å². The van der Waals surface area contributed by atoms with E-state index in [-0.39, 0.29) is 18.8 Å². The molecule has 0 radical (unpaired) electrons. The van der Waals surface area contributed by atoms with Crippen LogP contribution >= 0.6 is 0 Å². The molecule has 1 unspecified atom stereocenters. The Morgan fingerprint density at radius 1 is 1.26 bits per heavy atom. The number of carbonyl (C=O) groups excluding carboxylic acids is 1. The highest BCUT2D eigenvalue weighted by Crippen LogP contribution is 2.48. The number of rotatable bonds is 0. The molecule has 23 heavy (non-hydrogen) atoms. The monoisotopic (exact) mass is 315 g/mol. The number of hydrogen-bond donors (Lipinski definition) is 1. The van der Waals surface area contributed by atoms with E-state index in [1.165, 1.54) is 5.57 Å². The Kier molecular flexibility index (Phi) is 2.61. The maximum absolute atomic E-state index is 12.4. The Morgan fingerprint density at radius 2 is 2.04 bits per heavy atom. The molecule has 0 aromatic heterocycles. The summed E-state index contributed by atoms with van der Waals surface area (Å²) in [5.41, 5.74) is 2.63. The molecule has 4 aliphatic rings. The van der Waals surface area contributed by atoms with Crippen molar-refractivity contribution >= 4 is 5.97 Å². The number of hydrogen-bond acceptors (Lipinski definition) is 6. The van der Waals surface area contributed by atoms with Crippen LogP contribution in [0.15, 0.2) is 23.8 Å². The molecule has 1 aromatic rings. The summed E-state index contributed by atoms with van der Waals surface area (Å²) in [5, 5.41) is 10.4. The number of fused-ring (bicyclic) bond motifs is 6. The second-order valence-electron chi connectivity index (χ2n) is 6.60. The number of carbonyl (C=O) groups is 1. The van der Waals surface area contributed by atoms with Gasteiger partial charge in [0.1, 0.15) is 12.2 Å². The van der Waals surface area contributed by atoms with E-state index in [2.05, 4.69) is 11.9 Å². The summed E-state index contributed by atoms with van der Waals surface area (Å²) >= 11 is 0. The summed E-state index contributed by atoms with van der Waals surface area (Å²) in [5.74, 6) is 0.741. The van der Waals surface area contributed by atoms with Crippen molar-refractivity contribution in [3.8, 4) is 11.5 Å². The first-order valence-corrected chi connectivity index (χ1v) is 7.87. The lowest BCUT2D eigenvalue weighted by Crippen LogP contribution is -2.50. The molecule has 0 amide bonds. The lowest BCUT2D eigenvalue weighted by atomic mass is 9.74. The molecule has 0 spiro atoms. The van der Waals surface area contributed by atoms with Gasteiger partial charge in [-0.1, -0.05) is 11.6 Å². The number of aliphatic hydroxyl groups is 1. The molecule has 6 heteroatoms. The van der Waals surface area contributed by atoms with Gasteiger partial charge in [-0.3, -0.25) is 4.90 Å². The van der Waals surface area contributed by atoms with Gasteiger partial charge in [0.15, 0.2) is 11.5 Å². The number of nitrogens with zero attached hydrogens (tertiary/aromatic N) is 1. The van der Waals surface area contributed by atoms with Gasteiger partial charge in [0, 0.05) is 18.5 Å². The third-order valence-corrected chi connectivity index (χ3v) is 5.39. The first kappa shape index (κ1) is 13.4. The number of esters is 1. The van der Waals surface area contributed by atoms with Gasteiger partial charge in [0.2, 0.25) is 6.79 Å². The standard InChI is InChI=1S/C17H17NO5/c1-18-3-2-8-4-11(19)16-14(15(8)18)9-5-12-13(22-7-21-12)6-10(9)17(20)23-16/h4-6,11,14-16,19H,2-3,7H2,1H3/t11?,14-,15+,16+/m0/s1. The van der Waals surface area contributed by atoms with Crippen LogP contribution in [0.5, 0.6) is 11.5 Å². The number of ether oxygens (including phenoxy) is 3.